The second-order valence-electron chi connectivity index (χ2n) is 12.1. The van der Waals surface area contributed by atoms with Gasteiger partial charge in [0, 0.05) is 11.6 Å². The zero-order valence-corrected chi connectivity index (χ0v) is 26.0. The number of hydrogen-bond donors (Lipinski definition) is 4. The van der Waals surface area contributed by atoms with Gasteiger partial charge in [0.15, 0.2) is 11.9 Å². The highest BCUT2D eigenvalue weighted by atomic mass is 31.2. The average Bonchev–Trinajstić information content (AvgIpc) is 3.52. The van der Waals surface area contributed by atoms with Crippen molar-refractivity contribution in [3.05, 3.63) is 61.1 Å². The fourth-order valence-electron chi connectivity index (χ4n) is 4.91. The lowest BCUT2D eigenvalue weighted by molar-refractivity contribution is -0.148. The number of benzene rings is 2. The highest BCUT2D eigenvalue weighted by Crippen LogP contribution is 2.49. The summed E-state index contributed by atoms with van der Waals surface area (Å²) in [7, 11) is -4.37. The minimum atomic E-state index is -4.37. The smallest absolute Gasteiger partial charge is 0.459 e. The van der Waals surface area contributed by atoms with Crippen LogP contribution in [0.3, 0.4) is 0 Å². The van der Waals surface area contributed by atoms with Gasteiger partial charge in [-0.3, -0.25) is 13.9 Å². The predicted molar refractivity (Wildman–Crippen MR) is 164 cm³/mol. The molecule has 5 unspecified atom stereocenters. The van der Waals surface area contributed by atoms with Crippen LogP contribution in [-0.4, -0.2) is 67.8 Å². The molecule has 0 amide bonds. The van der Waals surface area contributed by atoms with Crippen molar-refractivity contribution in [2.75, 3.05) is 12.3 Å². The fraction of sp³-hybridized carbons (Fsp3) is 0.433. The number of rotatable bonds is 10. The number of nitrogens with zero attached hydrogens (tertiary/aromatic N) is 3. The Hall–Kier alpha value is -3.58. The topological polar surface area (TPSA) is 180 Å². The molecule has 1 aliphatic rings. The maximum Gasteiger partial charge on any atom is 0.459 e. The minimum Gasteiger partial charge on any atom is -0.464 e. The molecule has 0 bridgehead atoms. The number of aliphatic hydroxyl groups is 2. The lowest BCUT2D eigenvalue weighted by atomic mass is 9.99. The number of imidazole rings is 1. The summed E-state index contributed by atoms with van der Waals surface area (Å²) in [5.74, 6) is -0.398. The number of fused-ring (bicyclic) bond motifs is 2. The van der Waals surface area contributed by atoms with Gasteiger partial charge in [0.25, 0.3) is 0 Å². The van der Waals surface area contributed by atoms with Gasteiger partial charge in [-0.1, -0.05) is 57.2 Å². The number of nitrogens with one attached hydrogen (secondary N) is 1. The zero-order chi connectivity index (χ0) is 31.8. The Labute approximate surface area is 254 Å². The third-order valence-electron chi connectivity index (χ3n) is 7.13. The van der Waals surface area contributed by atoms with Crippen molar-refractivity contribution in [1.29, 1.82) is 0 Å². The van der Waals surface area contributed by atoms with E-state index < -0.39 is 50.4 Å². The Balaban J connectivity index is 1.40. The Morgan fingerprint density at radius 2 is 1.84 bits per heavy atom. The lowest BCUT2D eigenvalue weighted by Crippen LogP contribution is -2.41. The number of carbonyl (C=O) groups is 1. The van der Waals surface area contributed by atoms with Crippen LogP contribution in [0.25, 0.3) is 21.9 Å². The van der Waals surface area contributed by atoms with Crippen LogP contribution in [0.4, 0.5) is 5.69 Å². The van der Waals surface area contributed by atoms with E-state index in [2.05, 4.69) is 15.1 Å². The van der Waals surface area contributed by atoms with Crippen molar-refractivity contribution in [2.45, 2.75) is 71.3 Å². The number of aliphatic hydroxyl groups excluding tert-OH is 2. The Morgan fingerprint density at radius 1 is 1.11 bits per heavy atom. The molecule has 0 radical (unpaired) electrons. The van der Waals surface area contributed by atoms with Crippen LogP contribution < -0.4 is 15.3 Å². The molecule has 1 saturated heterocycles. The van der Waals surface area contributed by atoms with Gasteiger partial charge in [-0.05, 0) is 36.8 Å². The monoisotopic (exact) mass is 627 g/mol. The van der Waals surface area contributed by atoms with E-state index in [9.17, 15) is 19.6 Å². The summed E-state index contributed by atoms with van der Waals surface area (Å²) in [5, 5.41) is 26.2. The van der Waals surface area contributed by atoms with E-state index in [1.54, 1.807) is 24.3 Å². The van der Waals surface area contributed by atoms with Gasteiger partial charge in [-0.2, -0.15) is 5.09 Å². The van der Waals surface area contributed by atoms with E-state index in [0.717, 1.165) is 5.39 Å². The Bertz CT molecular complexity index is 1690. The molecule has 1 fully saturated rings. The highest BCUT2D eigenvalue weighted by molar-refractivity contribution is 7.52. The van der Waals surface area contributed by atoms with Gasteiger partial charge in [0.2, 0.25) is 0 Å². The van der Waals surface area contributed by atoms with E-state index in [1.807, 2.05) is 45.0 Å². The molecule has 13 nitrogen and oxygen atoms in total. The fourth-order valence-corrected chi connectivity index (χ4v) is 6.62. The van der Waals surface area contributed by atoms with Crippen LogP contribution >= 0.6 is 7.75 Å². The molecule has 3 heterocycles. The maximum absolute atomic E-state index is 14.4. The molecule has 2 aromatic carbocycles. The number of nitrogen functional groups attached to an aromatic ring is 1. The number of ether oxygens (including phenoxy) is 2. The molecule has 236 valence electrons. The van der Waals surface area contributed by atoms with E-state index in [4.69, 9.17) is 24.3 Å². The molecule has 1 aliphatic heterocycles. The molecule has 7 atom stereocenters. The van der Waals surface area contributed by atoms with Gasteiger partial charge in [0.05, 0.1) is 24.7 Å². The molecule has 44 heavy (non-hydrogen) atoms. The third-order valence-corrected chi connectivity index (χ3v) is 8.88. The SMILES string of the molecule is CC(NP(=O)(Oc1cccc2ccccc12)OC(C)[C@H]1O[C@@H](n2cnc3c(N)ccnc32)C(O)C1O)C(=O)OCC(C)(C)C. The van der Waals surface area contributed by atoms with E-state index in [-0.39, 0.29) is 17.8 Å². The van der Waals surface area contributed by atoms with E-state index >= 15 is 0 Å². The molecule has 0 spiro atoms. The number of pyridine rings is 1. The second kappa shape index (κ2) is 12.4. The second-order valence-corrected chi connectivity index (χ2v) is 13.7. The zero-order valence-electron chi connectivity index (χ0n) is 25.2. The van der Waals surface area contributed by atoms with Crippen LogP contribution in [0, 0.1) is 5.41 Å². The van der Waals surface area contributed by atoms with Crippen molar-refractivity contribution < 1.29 is 38.1 Å². The van der Waals surface area contributed by atoms with Gasteiger partial charge in [0.1, 0.15) is 35.6 Å². The van der Waals surface area contributed by atoms with Crippen molar-refractivity contribution in [3.8, 4) is 5.75 Å². The molecule has 0 saturated carbocycles. The molecule has 14 heteroatoms. The predicted octanol–water partition coefficient (Wildman–Crippen LogP) is 3.95. The molecule has 0 aliphatic carbocycles. The first-order valence-electron chi connectivity index (χ1n) is 14.3. The highest BCUT2D eigenvalue weighted by Gasteiger charge is 2.49. The number of carbonyl (C=O) groups excluding carboxylic acids is 1. The average molecular weight is 628 g/mol. The number of nitrogens with two attached hydrogens (primary N) is 1. The van der Waals surface area contributed by atoms with Crippen LogP contribution in [0.1, 0.15) is 40.8 Å². The summed E-state index contributed by atoms with van der Waals surface area (Å²) in [6.07, 6.45) is -3.33. The summed E-state index contributed by atoms with van der Waals surface area (Å²) in [6.45, 7) is 8.92. The summed E-state index contributed by atoms with van der Waals surface area (Å²) >= 11 is 0. The normalized spacial score (nSPS) is 23.3. The molecular weight excluding hydrogens is 589 g/mol. The molecule has 5 rings (SSSR count). The maximum atomic E-state index is 14.4. The van der Waals surface area contributed by atoms with Gasteiger partial charge in [-0.15, -0.1) is 0 Å². The first-order valence-corrected chi connectivity index (χ1v) is 15.8. The minimum absolute atomic E-state index is 0.147. The van der Waals surface area contributed by atoms with E-state index in [1.165, 1.54) is 30.9 Å². The summed E-state index contributed by atoms with van der Waals surface area (Å²) in [5.41, 5.74) is 6.88. The largest absolute Gasteiger partial charge is 0.464 e. The van der Waals surface area contributed by atoms with Crippen molar-refractivity contribution in [3.63, 3.8) is 0 Å². The van der Waals surface area contributed by atoms with E-state index in [0.29, 0.717) is 22.2 Å². The number of esters is 1. The third kappa shape index (κ3) is 6.73. The van der Waals surface area contributed by atoms with Gasteiger partial charge < -0.3 is 29.9 Å². The van der Waals surface area contributed by atoms with Crippen LogP contribution in [0.15, 0.2) is 61.1 Å². The van der Waals surface area contributed by atoms with Crippen molar-refractivity contribution in [1.82, 2.24) is 19.6 Å². The van der Waals surface area contributed by atoms with Crippen molar-refractivity contribution >= 4 is 41.3 Å². The Morgan fingerprint density at radius 3 is 2.59 bits per heavy atom. The molecule has 2 aromatic heterocycles. The summed E-state index contributed by atoms with van der Waals surface area (Å²) in [6, 6.07) is 13.1. The number of anilines is 1. The van der Waals surface area contributed by atoms with Crippen molar-refractivity contribution in [2.24, 2.45) is 5.41 Å². The summed E-state index contributed by atoms with van der Waals surface area (Å²) < 4.78 is 39.4. The molecule has 5 N–H and O–H groups in total. The first-order chi connectivity index (χ1) is 20.8. The lowest BCUT2D eigenvalue weighted by Gasteiger charge is -2.29. The quantitative estimate of drug-likeness (QED) is 0.147. The first kappa shape index (κ1) is 31.8. The van der Waals surface area contributed by atoms with Crippen LogP contribution in [0.2, 0.25) is 0 Å². The molecule has 4 aromatic rings. The standard InChI is InChI=1S/C30H38N5O8P/c1-17(29(38)40-15-30(3,4)5)34-44(39,43-22-12-8-10-19-9-6-7-11-20(19)22)42-18(2)26-24(36)25(37)28(41-26)35-16-33-23-21(31)13-14-32-27(23)35/h6-14,16-18,24-26,28,36-37H,15H2,1-5H3,(H2,31,32)(H,34,39)/t17?,18?,24?,25?,26-,28-,44?/m1/s1. The number of hydrogen-bond acceptors (Lipinski definition) is 11. The molecular formula is C30H38N5O8P. The van der Waals surface area contributed by atoms with Gasteiger partial charge in [-0.25, -0.2) is 14.5 Å². The Kier molecular flexibility index (Phi) is 8.99. The van der Waals surface area contributed by atoms with Crippen LogP contribution in [-0.2, 0) is 23.4 Å². The van der Waals surface area contributed by atoms with Gasteiger partial charge >= 0.3 is 13.7 Å². The summed E-state index contributed by atoms with van der Waals surface area (Å²) in [4.78, 5) is 21.4. The number of aromatic nitrogens is 3. The van der Waals surface area contributed by atoms with Crippen LogP contribution in [0.5, 0.6) is 5.75 Å².